The third-order valence-electron chi connectivity index (χ3n) is 7.11. The Morgan fingerprint density at radius 1 is 1.21 bits per heavy atom. The summed E-state index contributed by atoms with van der Waals surface area (Å²) < 4.78 is 45.1. The number of amides is 2. The van der Waals surface area contributed by atoms with Crippen LogP contribution in [0.5, 0.6) is 5.75 Å². The molecular weight excluding hydrogens is 499 g/mol. The second kappa shape index (κ2) is 11.3. The molecule has 0 bridgehead atoms. The lowest BCUT2D eigenvalue weighted by Crippen LogP contribution is -2.49. The Kier molecular flexibility index (Phi) is 8.32. The van der Waals surface area contributed by atoms with Crippen LogP contribution in [0.2, 0.25) is 0 Å². The number of anilines is 1. The first-order chi connectivity index (χ1) is 18.0. The van der Waals surface area contributed by atoms with Gasteiger partial charge in [-0.05, 0) is 62.7 Å². The Balaban J connectivity index is 1.54. The minimum atomic E-state index is -4.38. The number of aliphatic hydroxyl groups is 1. The van der Waals surface area contributed by atoms with Crippen LogP contribution in [-0.2, 0) is 17.5 Å². The lowest BCUT2D eigenvalue weighted by Gasteiger charge is -2.38. The summed E-state index contributed by atoms with van der Waals surface area (Å²) in [6.45, 7) is 4.76. The Bertz CT molecular complexity index is 1150. The van der Waals surface area contributed by atoms with E-state index in [1.807, 2.05) is 18.9 Å². The predicted octanol–water partition coefficient (Wildman–Crippen LogP) is 4.41. The molecule has 2 amide bonds. The van der Waals surface area contributed by atoms with E-state index in [1.165, 1.54) is 12.1 Å². The highest BCUT2D eigenvalue weighted by Gasteiger charge is 2.35. The molecule has 4 rings (SSSR count). The van der Waals surface area contributed by atoms with Gasteiger partial charge in [-0.1, -0.05) is 19.1 Å². The van der Waals surface area contributed by atoms with E-state index in [1.54, 1.807) is 30.0 Å². The van der Waals surface area contributed by atoms with Gasteiger partial charge < -0.3 is 20.1 Å². The molecule has 206 valence electrons. The SMILES string of the molecule is C[C@H](CO)N1C[C@H](C)[C@H](CN(C)Cc2ccc(C(F)(F)F)cc2)Oc2ccc(NC(=O)C3CC3)cc2C1=O. The molecule has 1 saturated carbocycles. The van der Waals surface area contributed by atoms with Crippen molar-refractivity contribution in [1.29, 1.82) is 0 Å². The number of alkyl halides is 3. The average molecular weight is 534 g/mol. The van der Waals surface area contributed by atoms with E-state index in [-0.39, 0.29) is 36.4 Å². The molecule has 2 aliphatic rings. The normalized spacial score (nSPS) is 20.8. The highest BCUT2D eigenvalue weighted by molar-refractivity contribution is 6.00. The van der Waals surface area contributed by atoms with Gasteiger partial charge in [0.15, 0.2) is 0 Å². The van der Waals surface area contributed by atoms with Gasteiger partial charge in [-0.2, -0.15) is 13.2 Å². The number of hydrogen-bond donors (Lipinski definition) is 2. The Morgan fingerprint density at radius 2 is 1.89 bits per heavy atom. The van der Waals surface area contributed by atoms with Crippen molar-refractivity contribution in [3.05, 3.63) is 59.2 Å². The summed E-state index contributed by atoms with van der Waals surface area (Å²) in [7, 11) is 1.86. The summed E-state index contributed by atoms with van der Waals surface area (Å²) in [5, 5.41) is 12.7. The standard InChI is InChI=1S/C28H34F3N3O4/c1-17-13-34(18(2)16-35)27(37)23-12-22(32-26(36)20-6-7-20)10-11-24(23)38-25(17)15-33(3)14-19-4-8-21(9-5-19)28(29,30)31/h4-5,8-12,17-18,20,25,35H,6-7,13-16H2,1-3H3,(H,32,36)/t17-,18+,25-/m0/s1. The number of hydrogen-bond acceptors (Lipinski definition) is 5. The fourth-order valence-electron chi connectivity index (χ4n) is 4.59. The minimum absolute atomic E-state index is 0.0142. The summed E-state index contributed by atoms with van der Waals surface area (Å²) in [5.74, 6) is -0.0617. The number of nitrogens with zero attached hydrogens (tertiary/aromatic N) is 2. The maximum absolute atomic E-state index is 13.5. The molecule has 1 fully saturated rings. The highest BCUT2D eigenvalue weighted by atomic mass is 19.4. The fraction of sp³-hybridized carbons (Fsp3) is 0.500. The molecule has 0 radical (unpaired) electrons. The summed E-state index contributed by atoms with van der Waals surface area (Å²) in [4.78, 5) is 29.4. The monoisotopic (exact) mass is 533 g/mol. The first-order valence-electron chi connectivity index (χ1n) is 12.8. The number of likely N-dealkylation sites (N-methyl/N-ethyl adjacent to an activating group) is 1. The summed E-state index contributed by atoms with van der Waals surface area (Å²) in [5.41, 5.74) is 0.870. The van der Waals surface area contributed by atoms with Crippen LogP contribution in [0.1, 0.15) is 48.2 Å². The molecule has 0 spiro atoms. The molecule has 10 heteroatoms. The summed E-state index contributed by atoms with van der Waals surface area (Å²) in [6, 6.07) is 9.68. The van der Waals surface area contributed by atoms with Crippen LogP contribution in [0.15, 0.2) is 42.5 Å². The molecule has 1 heterocycles. The topological polar surface area (TPSA) is 82.1 Å². The highest BCUT2D eigenvalue weighted by Crippen LogP contribution is 2.33. The third kappa shape index (κ3) is 6.66. The molecule has 1 aliphatic heterocycles. The fourth-order valence-corrected chi connectivity index (χ4v) is 4.59. The summed E-state index contributed by atoms with van der Waals surface area (Å²) in [6.07, 6.45) is -3.00. The van der Waals surface area contributed by atoms with Gasteiger partial charge in [0.25, 0.3) is 5.91 Å². The second-order valence-electron chi connectivity index (χ2n) is 10.5. The number of fused-ring (bicyclic) bond motifs is 1. The number of halogens is 3. The largest absolute Gasteiger partial charge is 0.488 e. The number of nitrogens with one attached hydrogen (secondary N) is 1. The summed E-state index contributed by atoms with van der Waals surface area (Å²) >= 11 is 0. The number of rotatable bonds is 8. The minimum Gasteiger partial charge on any atom is -0.488 e. The Labute approximate surface area is 220 Å². The van der Waals surface area contributed by atoms with Crippen LogP contribution in [0.4, 0.5) is 18.9 Å². The maximum atomic E-state index is 13.5. The number of carbonyl (C=O) groups is 2. The van der Waals surface area contributed by atoms with Crippen molar-refractivity contribution in [1.82, 2.24) is 9.80 Å². The molecular formula is C28H34F3N3O4. The van der Waals surface area contributed by atoms with E-state index >= 15 is 0 Å². The maximum Gasteiger partial charge on any atom is 0.416 e. The molecule has 1 aliphatic carbocycles. The number of benzene rings is 2. The van der Waals surface area contributed by atoms with Crippen molar-refractivity contribution >= 4 is 17.5 Å². The van der Waals surface area contributed by atoms with Crippen LogP contribution in [0.25, 0.3) is 0 Å². The molecule has 7 nitrogen and oxygen atoms in total. The van der Waals surface area contributed by atoms with Gasteiger partial charge in [0.2, 0.25) is 5.91 Å². The van der Waals surface area contributed by atoms with Crippen molar-refractivity contribution in [2.45, 2.75) is 51.6 Å². The van der Waals surface area contributed by atoms with E-state index < -0.39 is 17.8 Å². The number of ether oxygens (including phenoxy) is 1. The van der Waals surface area contributed by atoms with Gasteiger partial charge in [0.1, 0.15) is 11.9 Å². The zero-order valence-electron chi connectivity index (χ0n) is 21.8. The van der Waals surface area contributed by atoms with Crippen LogP contribution >= 0.6 is 0 Å². The first-order valence-corrected chi connectivity index (χ1v) is 12.8. The van der Waals surface area contributed by atoms with Gasteiger partial charge in [0.05, 0.1) is 23.8 Å². The predicted molar refractivity (Wildman–Crippen MR) is 137 cm³/mol. The lowest BCUT2D eigenvalue weighted by atomic mass is 9.99. The molecule has 0 saturated heterocycles. The molecule has 3 atom stereocenters. The van der Waals surface area contributed by atoms with E-state index in [2.05, 4.69) is 5.32 Å². The van der Waals surface area contributed by atoms with E-state index in [4.69, 9.17) is 4.74 Å². The van der Waals surface area contributed by atoms with Crippen LogP contribution in [0.3, 0.4) is 0 Å². The molecule has 2 N–H and O–H groups in total. The molecule has 0 unspecified atom stereocenters. The quantitative estimate of drug-likeness (QED) is 0.526. The first kappa shape index (κ1) is 27.9. The van der Waals surface area contributed by atoms with Gasteiger partial charge >= 0.3 is 6.18 Å². The zero-order valence-corrected chi connectivity index (χ0v) is 21.8. The molecule has 38 heavy (non-hydrogen) atoms. The Morgan fingerprint density at radius 3 is 2.50 bits per heavy atom. The van der Waals surface area contributed by atoms with Crippen molar-refractivity contribution < 1.29 is 32.6 Å². The van der Waals surface area contributed by atoms with E-state index in [9.17, 15) is 27.9 Å². The van der Waals surface area contributed by atoms with Crippen molar-refractivity contribution in [3.63, 3.8) is 0 Å². The third-order valence-corrected chi connectivity index (χ3v) is 7.11. The zero-order chi connectivity index (χ0) is 27.6. The number of aliphatic hydroxyl groups excluding tert-OH is 1. The lowest BCUT2D eigenvalue weighted by molar-refractivity contribution is -0.137. The van der Waals surface area contributed by atoms with Crippen LogP contribution < -0.4 is 10.1 Å². The van der Waals surface area contributed by atoms with Gasteiger partial charge in [-0.3, -0.25) is 14.5 Å². The van der Waals surface area contributed by atoms with Gasteiger partial charge in [-0.15, -0.1) is 0 Å². The van der Waals surface area contributed by atoms with Crippen molar-refractivity contribution in [2.24, 2.45) is 11.8 Å². The van der Waals surface area contributed by atoms with Gasteiger partial charge in [-0.25, -0.2) is 0 Å². The van der Waals surface area contributed by atoms with Crippen LogP contribution in [0, 0.1) is 11.8 Å². The molecule has 2 aromatic rings. The molecule has 2 aromatic carbocycles. The molecule has 0 aromatic heterocycles. The Hall–Kier alpha value is -3.11. The van der Waals surface area contributed by atoms with E-state index in [0.29, 0.717) is 36.6 Å². The smallest absolute Gasteiger partial charge is 0.416 e. The second-order valence-corrected chi connectivity index (χ2v) is 10.5. The van der Waals surface area contributed by atoms with Crippen LogP contribution in [-0.4, -0.2) is 65.6 Å². The van der Waals surface area contributed by atoms with Crippen molar-refractivity contribution in [3.8, 4) is 5.75 Å². The van der Waals surface area contributed by atoms with E-state index in [0.717, 1.165) is 30.5 Å². The van der Waals surface area contributed by atoms with Gasteiger partial charge in [0, 0.05) is 37.2 Å². The van der Waals surface area contributed by atoms with Crippen molar-refractivity contribution in [2.75, 3.05) is 32.1 Å². The average Bonchev–Trinajstić information content (AvgIpc) is 3.71. The number of carbonyl (C=O) groups excluding carboxylic acids is 2.